The molecule has 0 aliphatic rings. The first-order valence-corrected chi connectivity index (χ1v) is 3.46. The molecule has 1 aromatic carbocycles. The number of hydrogen-bond donors (Lipinski definition) is 0. The molecule has 11 heavy (non-hydrogen) atoms. The molecule has 0 N–H and O–H groups in total. The summed E-state index contributed by atoms with van der Waals surface area (Å²) in [7, 11) is 0. The van der Waals surface area contributed by atoms with Crippen molar-refractivity contribution in [3.63, 3.8) is 0 Å². The maximum atomic E-state index is 8.77. The summed E-state index contributed by atoms with van der Waals surface area (Å²) in [5, 5.41) is 8.77. The Labute approximate surface area is 67.3 Å². The lowest BCUT2D eigenvalue weighted by Gasteiger charge is -2.14. The van der Waals surface area contributed by atoms with E-state index in [0.717, 1.165) is 5.56 Å². The van der Waals surface area contributed by atoms with E-state index in [-0.39, 0.29) is 0 Å². The van der Waals surface area contributed by atoms with Gasteiger partial charge in [-0.2, -0.15) is 5.26 Å². The van der Waals surface area contributed by atoms with Crippen molar-refractivity contribution < 1.29 is 0 Å². The predicted octanol–water partition coefficient (Wildman–Crippen LogP) is 2.09. The molecule has 1 aromatic rings. The molecule has 0 aliphatic heterocycles. The first-order chi connectivity index (χ1) is 5.17. The van der Waals surface area contributed by atoms with Gasteiger partial charge in [0.05, 0.1) is 11.5 Å². The Balaban J connectivity index is 3.05. The summed E-state index contributed by atoms with van der Waals surface area (Å²) in [6, 6.07) is 13.3. The highest BCUT2D eigenvalue weighted by molar-refractivity contribution is 5.28. The zero-order chi connectivity index (χ0) is 8.32. The Bertz CT molecular complexity index is 267. The van der Waals surface area contributed by atoms with Crippen LogP contribution < -0.4 is 0 Å². The van der Waals surface area contributed by atoms with Gasteiger partial charge in [0.15, 0.2) is 0 Å². The topological polar surface area (TPSA) is 23.8 Å². The van der Waals surface area contributed by atoms with E-state index in [1.54, 1.807) is 12.1 Å². The maximum Gasteiger partial charge on any atom is 0.0766 e. The lowest BCUT2D eigenvalue weighted by molar-refractivity contribution is 0.687. The van der Waals surface area contributed by atoms with Crippen LogP contribution in [0.3, 0.4) is 0 Å². The van der Waals surface area contributed by atoms with E-state index in [2.05, 4.69) is 18.2 Å². The van der Waals surface area contributed by atoms with Gasteiger partial charge in [-0.1, -0.05) is 12.1 Å². The summed E-state index contributed by atoms with van der Waals surface area (Å²) in [5.74, 6) is 0. The Morgan fingerprint density at radius 2 is 2.18 bits per heavy atom. The minimum absolute atomic E-state index is 0.411. The van der Waals surface area contributed by atoms with Crippen molar-refractivity contribution in [2.45, 2.75) is 19.3 Å². The van der Waals surface area contributed by atoms with Crippen molar-refractivity contribution in [3.8, 4) is 6.07 Å². The van der Waals surface area contributed by atoms with E-state index in [0.29, 0.717) is 0 Å². The second-order valence-electron chi connectivity index (χ2n) is 2.96. The van der Waals surface area contributed by atoms with Crippen LogP contribution in [0.15, 0.2) is 18.2 Å². The number of benzene rings is 1. The second kappa shape index (κ2) is 2.75. The van der Waals surface area contributed by atoms with E-state index in [1.807, 2.05) is 19.9 Å². The van der Waals surface area contributed by atoms with Crippen molar-refractivity contribution in [1.29, 1.82) is 5.26 Å². The molecule has 0 heterocycles. The summed E-state index contributed by atoms with van der Waals surface area (Å²) in [6.45, 7) is 3.77. The predicted molar refractivity (Wildman–Crippen MR) is 42.8 cm³/mol. The molecule has 0 atom stereocenters. The maximum absolute atomic E-state index is 8.77. The van der Waals surface area contributed by atoms with Gasteiger partial charge in [-0.3, -0.25) is 0 Å². The van der Waals surface area contributed by atoms with Gasteiger partial charge in [0.2, 0.25) is 0 Å². The van der Waals surface area contributed by atoms with E-state index in [9.17, 15) is 0 Å². The average Bonchev–Trinajstić information content (AvgIpc) is 2.06. The third kappa shape index (κ3) is 1.59. The lowest BCUT2D eigenvalue weighted by Crippen LogP contribution is -2.13. The van der Waals surface area contributed by atoms with Crippen LogP contribution in [-0.2, 0) is 5.41 Å². The molecule has 0 aromatic heterocycles. The van der Waals surface area contributed by atoms with Gasteiger partial charge in [-0.25, -0.2) is 0 Å². The van der Waals surface area contributed by atoms with Crippen LogP contribution in [0.5, 0.6) is 0 Å². The molecule has 1 heteroatoms. The molecular weight excluding hydrogens is 134 g/mol. The van der Waals surface area contributed by atoms with Crippen LogP contribution in [0.25, 0.3) is 0 Å². The number of nitriles is 1. The van der Waals surface area contributed by atoms with Gasteiger partial charge in [0.1, 0.15) is 0 Å². The van der Waals surface area contributed by atoms with Gasteiger partial charge in [-0.15, -0.1) is 0 Å². The van der Waals surface area contributed by atoms with Crippen LogP contribution in [0, 0.1) is 23.5 Å². The standard InChI is InChI=1S/C10H9N/c1-10(2,8-11)9-6-4-3-5-7-9/h4,6-7H,1-2H3. The van der Waals surface area contributed by atoms with Gasteiger partial charge < -0.3 is 0 Å². The lowest BCUT2D eigenvalue weighted by atomic mass is 9.87. The molecule has 0 amide bonds. The highest BCUT2D eigenvalue weighted by Crippen LogP contribution is 2.20. The highest BCUT2D eigenvalue weighted by Gasteiger charge is 2.18. The Hall–Kier alpha value is -1.29. The van der Waals surface area contributed by atoms with Gasteiger partial charge >= 0.3 is 0 Å². The summed E-state index contributed by atoms with van der Waals surface area (Å²) < 4.78 is 0. The zero-order valence-electron chi connectivity index (χ0n) is 6.68. The Morgan fingerprint density at radius 1 is 1.45 bits per heavy atom. The number of rotatable bonds is 1. The van der Waals surface area contributed by atoms with Gasteiger partial charge in [-0.05, 0) is 37.6 Å². The quantitative estimate of drug-likeness (QED) is 0.590. The van der Waals surface area contributed by atoms with Crippen LogP contribution in [-0.4, -0.2) is 0 Å². The van der Waals surface area contributed by atoms with Crippen LogP contribution in [0.4, 0.5) is 0 Å². The normalized spacial score (nSPS) is 10.6. The molecule has 0 fully saturated rings. The van der Waals surface area contributed by atoms with Gasteiger partial charge in [0, 0.05) is 0 Å². The molecule has 0 saturated heterocycles. The Morgan fingerprint density at radius 3 is 2.64 bits per heavy atom. The summed E-state index contributed by atoms with van der Waals surface area (Å²) in [4.78, 5) is 0. The first kappa shape index (κ1) is 7.81. The monoisotopic (exact) mass is 143 g/mol. The molecule has 54 valence electrons. The molecular formula is C10H9N. The van der Waals surface area contributed by atoms with E-state index < -0.39 is 5.41 Å². The molecule has 1 rings (SSSR count). The fourth-order valence-corrected chi connectivity index (χ4v) is 0.800. The van der Waals surface area contributed by atoms with Crippen LogP contribution in [0.1, 0.15) is 19.4 Å². The number of hydrogen-bond acceptors (Lipinski definition) is 1. The molecule has 0 aliphatic carbocycles. The van der Waals surface area contributed by atoms with Gasteiger partial charge in [0.25, 0.3) is 0 Å². The molecule has 0 spiro atoms. The van der Waals surface area contributed by atoms with E-state index in [1.165, 1.54) is 0 Å². The fraction of sp³-hybridized carbons (Fsp3) is 0.300. The van der Waals surface area contributed by atoms with Crippen molar-refractivity contribution in [2.24, 2.45) is 0 Å². The van der Waals surface area contributed by atoms with Crippen LogP contribution in [0.2, 0.25) is 0 Å². The summed E-state index contributed by atoms with van der Waals surface area (Å²) in [5.41, 5.74) is 0.574. The summed E-state index contributed by atoms with van der Waals surface area (Å²) >= 11 is 0. The zero-order valence-corrected chi connectivity index (χ0v) is 6.68. The average molecular weight is 143 g/mol. The molecule has 2 radical (unpaired) electrons. The van der Waals surface area contributed by atoms with Crippen molar-refractivity contribution in [1.82, 2.24) is 0 Å². The van der Waals surface area contributed by atoms with E-state index >= 15 is 0 Å². The number of nitrogens with zero attached hydrogens (tertiary/aromatic N) is 1. The molecule has 0 unspecified atom stereocenters. The minimum atomic E-state index is -0.411. The summed E-state index contributed by atoms with van der Waals surface area (Å²) in [6.07, 6.45) is 0. The minimum Gasteiger partial charge on any atom is -0.197 e. The third-order valence-electron chi connectivity index (χ3n) is 1.66. The fourth-order valence-electron chi connectivity index (χ4n) is 0.800. The smallest absolute Gasteiger partial charge is 0.0766 e. The molecule has 1 nitrogen and oxygen atoms in total. The Kier molecular flexibility index (Phi) is 1.96. The largest absolute Gasteiger partial charge is 0.197 e. The van der Waals surface area contributed by atoms with Crippen LogP contribution >= 0.6 is 0 Å². The van der Waals surface area contributed by atoms with Crippen molar-refractivity contribution >= 4 is 0 Å². The third-order valence-corrected chi connectivity index (χ3v) is 1.66. The van der Waals surface area contributed by atoms with E-state index in [4.69, 9.17) is 5.26 Å². The first-order valence-electron chi connectivity index (χ1n) is 3.46. The molecule has 0 saturated carbocycles. The second-order valence-corrected chi connectivity index (χ2v) is 2.96. The highest BCUT2D eigenvalue weighted by atomic mass is 14.3. The molecule has 0 bridgehead atoms. The van der Waals surface area contributed by atoms with Crippen molar-refractivity contribution in [2.75, 3.05) is 0 Å². The SMILES string of the molecule is CC(C)(C#N)c1c[c][c]cc1. The van der Waals surface area contributed by atoms with Crippen molar-refractivity contribution in [3.05, 3.63) is 35.9 Å².